The Labute approximate surface area is 66.7 Å². The summed E-state index contributed by atoms with van der Waals surface area (Å²) in [5.74, 6) is 0.641. The lowest BCUT2D eigenvalue weighted by molar-refractivity contribution is 0.639. The molecule has 1 aliphatic carbocycles. The van der Waals surface area contributed by atoms with Gasteiger partial charge in [-0.1, -0.05) is 19.1 Å². The summed E-state index contributed by atoms with van der Waals surface area (Å²) in [7, 11) is 0. The highest BCUT2D eigenvalue weighted by atomic mass is 15.0. The summed E-state index contributed by atoms with van der Waals surface area (Å²) in [6.45, 7) is 3.09. The van der Waals surface area contributed by atoms with E-state index in [0.29, 0.717) is 5.92 Å². The molecule has 58 valence electrons. The zero-order valence-corrected chi connectivity index (χ0v) is 6.67. The van der Waals surface area contributed by atoms with Gasteiger partial charge in [-0.3, -0.25) is 4.99 Å². The van der Waals surface area contributed by atoms with Crippen molar-refractivity contribution in [1.82, 2.24) is 5.32 Å². The Balaban J connectivity index is 2.30. The summed E-state index contributed by atoms with van der Waals surface area (Å²) in [5.41, 5.74) is 2.72. The van der Waals surface area contributed by atoms with E-state index in [-0.39, 0.29) is 0 Å². The molecule has 0 bridgehead atoms. The van der Waals surface area contributed by atoms with Crippen LogP contribution in [0.1, 0.15) is 13.3 Å². The first-order valence-electron chi connectivity index (χ1n) is 4.02. The molecule has 2 nitrogen and oxygen atoms in total. The normalized spacial score (nSPS) is 28.3. The quantitative estimate of drug-likeness (QED) is 0.552. The first-order chi connectivity index (χ1) is 5.38. The van der Waals surface area contributed by atoms with Crippen LogP contribution < -0.4 is 5.32 Å². The van der Waals surface area contributed by atoms with E-state index in [0.717, 1.165) is 13.0 Å². The van der Waals surface area contributed by atoms with Gasteiger partial charge < -0.3 is 5.32 Å². The molecule has 0 saturated heterocycles. The van der Waals surface area contributed by atoms with Gasteiger partial charge in [-0.15, -0.1) is 0 Å². The number of hydrogen-bond acceptors (Lipinski definition) is 2. The Kier molecular flexibility index (Phi) is 1.53. The number of rotatable bonds is 0. The summed E-state index contributed by atoms with van der Waals surface area (Å²) in [6, 6.07) is 0. The molecule has 0 spiro atoms. The molecule has 2 aliphatic rings. The van der Waals surface area contributed by atoms with Gasteiger partial charge >= 0.3 is 0 Å². The van der Waals surface area contributed by atoms with Crippen molar-refractivity contribution in [3.63, 3.8) is 0 Å². The molecule has 0 aromatic rings. The van der Waals surface area contributed by atoms with Crippen LogP contribution in [-0.2, 0) is 0 Å². The second-order valence-corrected chi connectivity index (χ2v) is 3.09. The molecule has 1 heterocycles. The van der Waals surface area contributed by atoms with Crippen molar-refractivity contribution in [3.8, 4) is 0 Å². The molecule has 0 radical (unpaired) electrons. The first kappa shape index (κ1) is 6.65. The standard InChI is InChI=1S/C9H12N2/c1-7-3-2-4-8-5-10-6-11-9(7)8/h2,4,6-7H,3,5H2,1H3,(H,10,11). The average Bonchev–Trinajstić information content (AvgIpc) is 2.06. The minimum absolute atomic E-state index is 0.641. The predicted molar refractivity (Wildman–Crippen MR) is 46.4 cm³/mol. The predicted octanol–water partition coefficient (Wildman–Crippen LogP) is 1.47. The molecule has 1 atom stereocenters. The molecule has 11 heavy (non-hydrogen) atoms. The number of hydrogen-bond donors (Lipinski definition) is 1. The largest absolute Gasteiger partial charge is 0.350 e. The lowest BCUT2D eigenvalue weighted by Gasteiger charge is -2.23. The van der Waals surface area contributed by atoms with Crippen molar-refractivity contribution in [3.05, 3.63) is 23.4 Å². The van der Waals surface area contributed by atoms with Gasteiger partial charge in [0.25, 0.3) is 0 Å². The van der Waals surface area contributed by atoms with Crippen molar-refractivity contribution >= 4 is 6.34 Å². The molecule has 0 aromatic heterocycles. The maximum absolute atomic E-state index is 4.15. The summed E-state index contributed by atoms with van der Waals surface area (Å²) >= 11 is 0. The third-order valence-electron chi connectivity index (χ3n) is 2.22. The Bertz CT molecular complexity index is 248. The Hall–Kier alpha value is -1.05. The Morgan fingerprint density at radius 1 is 1.64 bits per heavy atom. The summed E-state index contributed by atoms with van der Waals surface area (Å²) < 4.78 is 0. The second kappa shape index (κ2) is 2.53. The van der Waals surface area contributed by atoms with E-state index in [9.17, 15) is 0 Å². The van der Waals surface area contributed by atoms with Crippen LogP contribution in [0.15, 0.2) is 28.4 Å². The minimum atomic E-state index is 0.641. The molecule has 1 unspecified atom stereocenters. The van der Waals surface area contributed by atoms with Crippen LogP contribution in [0.3, 0.4) is 0 Å². The van der Waals surface area contributed by atoms with Gasteiger partial charge in [-0.2, -0.15) is 0 Å². The van der Waals surface area contributed by atoms with Crippen LogP contribution in [0, 0.1) is 5.92 Å². The first-order valence-corrected chi connectivity index (χ1v) is 4.02. The fourth-order valence-electron chi connectivity index (χ4n) is 1.57. The number of nitrogens with zero attached hydrogens (tertiary/aromatic N) is 1. The maximum Gasteiger partial charge on any atom is 0.0869 e. The van der Waals surface area contributed by atoms with Crippen LogP contribution in [0.25, 0.3) is 0 Å². The van der Waals surface area contributed by atoms with Gasteiger partial charge in [0.05, 0.1) is 12.9 Å². The molecular formula is C9H12N2. The minimum Gasteiger partial charge on any atom is -0.350 e. The lowest BCUT2D eigenvalue weighted by atomic mass is 9.93. The molecule has 2 heteroatoms. The lowest BCUT2D eigenvalue weighted by Crippen LogP contribution is -2.24. The van der Waals surface area contributed by atoms with Crippen LogP contribution in [0.5, 0.6) is 0 Å². The van der Waals surface area contributed by atoms with E-state index < -0.39 is 0 Å². The van der Waals surface area contributed by atoms with Gasteiger partial charge in [0.15, 0.2) is 0 Å². The average molecular weight is 148 g/mol. The fourth-order valence-corrected chi connectivity index (χ4v) is 1.57. The van der Waals surface area contributed by atoms with Crippen LogP contribution in [0.2, 0.25) is 0 Å². The zero-order valence-electron chi connectivity index (χ0n) is 6.67. The maximum atomic E-state index is 4.15. The smallest absolute Gasteiger partial charge is 0.0869 e. The highest BCUT2D eigenvalue weighted by molar-refractivity contribution is 5.61. The molecule has 0 aromatic carbocycles. The Morgan fingerprint density at radius 3 is 3.36 bits per heavy atom. The SMILES string of the molecule is CC1CC=CC2=C1NC=NC2. The monoisotopic (exact) mass is 148 g/mol. The van der Waals surface area contributed by atoms with Crippen molar-refractivity contribution in [2.75, 3.05) is 6.54 Å². The summed E-state index contributed by atoms with van der Waals surface area (Å²) in [5, 5.41) is 3.21. The van der Waals surface area contributed by atoms with Gasteiger partial charge in [0.2, 0.25) is 0 Å². The molecule has 0 saturated carbocycles. The van der Waals surface area contributed by atoms with Gasteiger partial charge in [0.1, 0.15) is 0 Å². The zero-order chi connectivity index (χ0) is 7.68. The number of aliphatic imine (C=N–C) groups is 1. The van der Waals surface area contributed by atoms with Crippen molar-refractivity contribution in [1.29, 1.82) is 0 Å². The Morgan fingerprint density at radius 2 is 2.55 bits per heavy atom. The molecule has 0 fully saturated rings. The van der Waals surface area contributed by atoms with E-state index >= 15 is 0 Å². The van der Waals surface area contributed by atoms with Gasteiger partial charge in [-0.05, 0) is 17.9 Å². The molecule has 1 aliphatic heterocycles. The van der Waals surface area contributed by atoms with Crippen LogP contribution in [-0.4, -0.2) is 12.9 Å². The van der Waals surface area contributed by atoms with E-state index in [2.05, 4.69) is 29.4 Å². The second-order valence-electron chi connectivity index (χ2n) is 3.09. The molecular weight excluding hydrogens is 136 g/mol. The van der Waals surface area contributed by atoms with E-state index in [4.69, 9.17) is 0 Å². The van der Waals surface area contributed by atoms with Crippen molar-refractivity contribution in [2.24, 2.45) is 10.9 Å². The molecule has 2 rings (SSSR count). The van der Waals surface area contributed by atoms with Crippen LogP contribution in [0.4, 0.5) is 0 Å². The number of nitrogens with one attached hydrogen (secondary N) is 1. The summed E-state index contributed by atoms with van der Waals surface area (Å²) in [4.78, 5) is 4.15. The third-order valence-corrected chi connectivity index (χ3v) is 2.22. The molecule has 1 N–H and O–H groups in total. The topological polar surface area (TPSA) is 24.4 Å². The van der Waals surface area contributed by atoms with E-state index in [1.54, 1.807) is 6.34 Å². The fraction of sp³-hybridized carbons (Fsp3) is 0.444. The van der Waals surface area contributed by atoms with Crippen molar-refractivity contribution in [2.45, 2.75) is 13.3 Å². The highest BCUT2D eigenvalue weighted by Gasteiger charge is 2.16. The van der Waals surface area contributed by atoms with Crippen molar-refractivity contribution < 1.29 is 0 Å². The van der Waals surface area contributed by atoms with Gasteiger partial charge in [0, 0.05) is 5.70 Å². The van der Waals surface area contributed by atoms with E-state index in [1.807, 2.05) is 0 Å². The number of allylic oxidation sites excluding steroid dienone is 2. The third kappa shape index (κ3) is 1.09. The van der Waals surface area contributed by atoms with Gasteiger partial charge in [-0.25, -0.2) is 0 Å². The molecule has 0 amide bonds. The van der Waals surface area contributed by atoms with Crippen LogP contribution >= 0.6 is 0 Å². The van der Waals surface area contributed by atoms with E-state index in [1.165, 1.54) is 11.3 Å². The highest BCUT2D eigenvalue weighted by Crippen LogP contribution is 2.23. The summed E-state index contributed by atoms with van der Waals surface area (Å²) in [6.07, 6.45) is 7.36.